The highest BCUT2D eigenvalue weighted by molar-refractivity contribution is 5.78. The zero-order valence-electron chi connectivity index (χ0n) is 11.7. The van der Waals surface area contributed by atoms with Gasteiger partial charge in [-0.25, -0.2) is 4.79 Å². The Labute approximate surface area is 124 Å². The second-order valence-electron chi connectivity index (χ2n) is 4.59. The third kappa shape index (κ3) is 2.83. The van der Waals surface area contributed by atoms with Gasteiger partial charge in [0.05, 0.1) is 10.6 Å². The number of hydrogen-bond acceptors (Lipinski definition) is 4. The zero-order chi connectivity index (χ0) is 16.4. The minimum Gasteiger partial charge on any atom is -0.434 e. The number of nitro groups is 1. The highest BCUT2D eigenvalue weighted by Gasteiger charge is 2.39. The van der Waals surface area contributed by atoms with Gasteiger partial charge in [0.25, 0.3) is 5.70 Å². The molecule has 1 aromatic carbocycles. The van der Waals surface area contributed by atoms with E-state index in [0.29, 0.717) is 0 Å². The Morgan fingerprint density at radius 1 is 1.41 bits per heavy atom. The molecule has 1 aliphatic rings. The number of benzene rings is 1. The fraction of sp³-hybridized carbons (Fsp3) is 0.308. The highest BCUT2D eigenvalue weighted by atomic mass is 19.3. The number of nitrogens with zero attached hydrogens (tertiary/aromatic N) is 2. The molecule has 1 aromatic rings. The van der Waals surface area contributed by atoms with Crippen LogP contribution < -0.4 is 10.1 Å². The zero-order valence-corrected chi connectivity index (χ0v) is 11.7. The Hall–Kier alpha value is -2.71. The Bertz CT molecular complexity index is 648. The molecule has 1 aliphatic heterocycles. The van der Waals surface area contributed by atoms with Crippen LogP contribution in [0.15, 0.2) is 35.7 Å². The van der Waals surface area contributed by atoms with Crippen LogP contribution in [0, 0.1) is 10.1 Å². The second-order valence-corrected chi connectivity index (χ2v) is 4.59. The lowest BCUT2D eigenvalue weighted by molar-refractivity contribution is -0.433. The Balaban J connectivity index is 2.55. The predicted molar refractivity (Wildman–Crippen MR) is 71.8 cm³/mol. The molecule has 0 spiro atoms. The number of halogens is 2. The molecule has 0 aromatic heterocycles. The van der Waals surface area contributed by atoms with Crippen molar-refractivity contribution in [2.24, 2.45) is 0 Å². The summed E-state index contributed by atoms with van der Waals surface area (Å²) in [5.74, 6) is -0.223. The molecule has 0 saturated carbocycles. The van der Waals surface area contributed by atoms with Crippen molar-refractivity contribution >= 4 is 6.03 Å². The smallest absolute Gasteiger partial charge is 0.387 e. The van der Waals surface area contributed by atoms with E-state index < -0.39 is 23.6 Å². The summed E-state index contributed by atoms with van der Waals surface area (Å²) in [6.45, 7) is -1.66. The van der Waals surface area contributed by atoms with E-state index in [-0.39, 0.29) is 22.7 Å². The molecule has 0 bridgehead atoms. The van der Waals surface area contributed by atoms with E-state index in [1.54, 1.807) is 0 Å². The quantitative estimate of drug-likeness (QED) is 0.683. The summed E-state index contributed by atoms with van der Waals surface area (Å²) in [6, 6.07) is 3.89. The number of alkyl halides is 2. The van der Waals surface area contributed by atoms with Gasteiger partial charge in [-0.1, -0.05) is 18.2 Å². The van der Waals surface area contributed by atoms with Crippen LogP contribution in [0.2, 0.25) is 0 Å². The van der Waals surface area contributed by atoms with Gasteiger partial charge in [-0.3, -0.25) is 15.0 Å². The molecule has 1 heterocycles. The number of amides is 2. The standard InChI is InChI=1S/C13H13F2N3O4/c1-7-11(18(20)21)10(16-13(19)17(7)2)8-5-3-4-6-9(8)22-12(14)15/h3-6,10,12H,1-2H3,(H,16,19)/t10-/m1/s1. The molecule has 1 N–H and O–H groups in total. The first kappa shape index (κ1) is 15.7. The SMILES string of the molecule is CC1=C([N+](=O)[O-])[C@@H](c2ccccc2OC(F)F)NC(=O)N1C. The summed E-state index contributed by atoms with van der Waals surface area (Å²) in [7, 11) is 1.38. The maximum atomic E-state index is 12.5. The van der Waals surface area contributed by atoms with Crippen LogP contribution in [-0.4, -0.2) is 29.5 Å². The van der Waals surface area contributed by atoms with E-state index in [4.69, 9.17) is 0 Å². The average molecular weight is 313 g/mol. The third-order valence-electron chi connectivity index (χ3n) is 3.36. The third-order valence-corrected chi connectivity index (χ3v) is 3.36. The van der Waals surface area contributed by atoms with Crippen molar-refractivity contribution in [3.8, 4) is 5.75 Å². The molecule has 0 unspecified atom stereocenters. The summed E-state index contributed by atoms with van der Waals surface area (Å²) < 4.78 is 29.3. The molecular formula is C13H13F2N3O4. The van der Waals surface area contributed by atoms with Crippen molar-refractivity contribution in [2.75, 3.05) is 7.05 Å². The van der Waals surface area contributed by atoms with Crippen LogP contribution in [0.1, 0.15) is 18.5 Å². The van der Waals surface area contributed by atoms with Gasteiger partial charge in [-0.2, -0.15) is 8.78 Å². The number of allylic oxidation sites excluding steroid dienone is 1. The summed E-state index contributed by atoms with van der Waals surface area (Å²) in [4.78, 5) is 23.6. The fourth-order valence-electron chi connectivity index (χ4n) is 2.21. The van der Waals surface area contributed by atoms with Gasteiger partial charge < -0.3 is 10.1 Å². The molecule has 2 rings (SSSR count). The predicted octanol–water partition coefficient (Wildman–Crippen LogP) is 2.49. The van der Waals surface area contributed by atoms with E-state index in [1.165, 1.54) is 38.2 Å². The van der Waals surface area contributed by atoms with Gasteiger partial charge in [0.2, 0.25) is 0 Å². The van der Waals surface area contributed by atoms with E-state index in [2.05, 4.69) is 10.1 Å². The Kier molecular flexibility index (Phi) is 4.25. The summed E-state index contributed by atoms with van der Waals surface area (Å²) in [5.41, 5.74) is -0.0756. The molecule has 0 saturated heterocycles. The van der Waals surface area contributed by atoms with Gasteiger partial charge in [0.1, 0.15) is 5.75 Å². The summed E-state index contributed by atoms with van der Waals surface area (Å²) in [5, 5.41) is 13.7. The first-order chi connectivity index (χ1) is 10.3. The topological polar surface area (TPSA) is 84.7 Å². The van der Waals surface area contributed by atoms with E-state index in [9.17, 15) is 23.7 Å². The van der Waals surface area contributed by atoms with Crippen LogP contribution in [0.4, 0.5) is 13.6 Å². The number of hydrogen-bond donors (Lipinski definition) is 1. The van der Waals surface area contributed by atoms with Gasteiger partial charge in [0.15, 0.2) is 6.04 Å². The van der Waals surface area contributed by atoms with Gasteiger partial charge in [0, 0.05) is 12.6 Å². The van der Waals surface area contributed by atoms with E-state index in [0.717, 1.165) is 4.90 Å². The second kappa shape index (κ2) is 5.96. The summed E-state index contributed by atoms with van der Waals surface area (Å²) >= 11 is 0. The van der Waals surface area contributed by atoms with Crippen molar-refractivity contribution in [2.45, 2.75) is 19.6 Å². The van der Waals surface area contributed by atoms with Crippen molar-refractivity contribution in [1.29, 1.82) is 0 Å². The lowest BCUT2D eigenvalue weighted by atomic mass is 9.99. The minimum atomic E-state index is -3.08. The molecule has 9 heteroatoms. The van der Waals surface area contributed by atoms with Crippen LogP contribution in [0.25, 0.3) is 0 Å². The average Bonchev–Trinajstić information content (AvgIpc) is 2.44. The van der Waals surface area contributed by atoms with Crippen molar-refractivity contribution < 1.29 is 23.2 Å². The molecule has 7 nitrogen and oxygen atoms in total. The highest BCUT2D eigenvalue weighted by Crippen LogP contribution is 2.35. The van der Waals surface area contributed by atoms with Gasteiger partial charge >= 0.3 is 12.6 Å². The first-order valence-electron chi connectivity index (χ1n) is 6.26. The molecule has 2 amide bonds. The van der Waals surface area contributed by atoms with Crippen molar-refractivity contribution in [3.05, 3.63) is 51.3 Å². The van der Waals surface area contributed by atoms with Crippen molar-refractivity contribution in [1.82, 2.24) is 10.2 Å². The minimum absolute atomic E-state index is 0.0929. The maximum Gasteiger partial charge on any atom is 0.387 e. The van der Waals surface area contributed by atoms with Gasteiger partial charge in [-0.05, 0) is 13.0 Å². The van der Waals surface area contributed by atoms with Crippen LogP contribution in [0.3, 0.4) is 0 Å². The number of carbonyl (C=O) groups excluding carboxylic acids is 1. The van der Waals surface area contributed by atoms with Gasteiger partial charge in [-0.15, -0.1) is 0 Å². The molecular weight excluding hydrogens is 300 g/mol. The number of para-hydroxylation sites is 1. The maximum absolute atomic E-state index is 12.5. The number of ether oxygens (including phenoxy) is 1. The molecule has 0 radical (unpaired) electrons. The first-order valence-corrected chi connectivity index (χ1v) is 6.26. The van der Waals surface area contributed by atoms with E-state index in [1.807, 2.05) is 0 Å². The van der Waals surface area contributed by atoms with E-state index >= 15 is 0 Å². The normalized spacial score (nSPS) is 18.5. The molecule has 22 heavy (non-hydrogen) atoms. The Morgan fingerprint density at radius 3 is 2.64 bits per heavy atom. The lowest BCUT2D eigenvalue weighted by Gasteiger charge is -2.29. The molecule has 0 aliphatic carbocycles. The van der Waals surface area contributed by atoms with Crippen LogP contribution in [0.5, 0.6) is 5.75 Å². The van der Waals surface area contributed by atoms with Crippen molar-refractivity contribution in [3.63, 3.8) is 0 Å². The fourth-order valence-corrected chi connectivity index (χ4v) is 2.21. The number of urea groups is 1. The van der Waals surface area contributed by atoms with Crippen LogP contribution in [-0.2, 0) is 0 Å². The lowest BCUT2D eigenvalue weighted by Crippen LogP contribution is -2.46. The monoisotopic (exact) mass is 313 g/mol. The number of carbonyl (C=O) groups is 1. The largest absolute Gasteiger partial charge is 0.434 e. The van der Waals surface area contributed by atoms with Crippen LogP contribution >= 0.6 is 0 Å². The molecule has 0 fully saturated rings. The summed E-state index contributed by atoms with van der Waals surface area (Å²) in [6.07, 6.45) is 0. The molecule has 118 valence electrons. The number of nitrogens with one attached hydrogen (secondary N) is 1. The number of rotatable bonds is 4. The Morgan fingerprint density at radius 2 is 2.05 bits per heavy atom. The molecule has 1 atom stereocenters.